The van der Waals surface area contributed by atoms with E-state index in [1.807, 2.05) is 6.07 Å². The van der Waals surface area contributed by atoms with Gasteiger partial charge in [-0.1, -0.05) is 0 Å². The van der Waals surface area contributed by atoms with Crippen LogP contribution in [0.25, 0.3) is 21.9 Å². The average Bonchev–Trinajstić information content (AvgIpc) is 3.44. The molecule has 3 aliphatic rings. The maximum absolute atomic E-state index is 12.4. The van der Waals surface area contributed by atoms with Crippen LogP contribution in [0.5, 0.6) is 34.5 Å². The topological polar surface area (TPSA) is 92.7 Å². The van der Waals surface area contributed by atoms with Crippen molar-refractivity contribution in [3.8, 4) is 45.6 Å². The molecule has 6 rings (SSSR count). The number of hydrogen-bond acceptors (Lipinski definition) is 8. The summed E-state index contributed by atoms with van der Waals surface area (Å²) in [7, 11) is 1.53. The quantitative estimate of drug-likeness (QED) is 0.662. The lowest BCUT2D eigenvalue weighted by molar-refractivity contribution is 0.0535. The van der Waals surface area contributed by atoms with Crippen LogP contribution in [0.15, 0.2) is 24.3 Å². The van der Waals surface area contributed by atoms with Crippen LogP contribution in [0, 0.1) is 0 Å². The minimum atomic E-state index is -0.428. The van der Waals surface area contributed by atoms with Crippen LogP contribution in [0.1, 0.15) is 15.9 Å². The predicted molar refractivity (Wildman–Crippen MR) is 99.0 cm³/mol. The number of carbonyl (C=O) groups is 1. The van der Waals surface area contributed by atoms with Crippen LogP contribution in [-0.4, -0.2) is 31.8 Å². The Hall–Kier alpha value is -3.81. The molecule has 0 aliphatic carbocycles. The summed E-state index contributed by atoms with van der Waals surface area (Å²) in [6.07, 6.45) is 0. The lowest BCUT2D eigenvalue weighted by Gasteiger charge is -2.16. The maximum atomic E-state index is 12.4. The van der Waals surface area contributed by atoms with Crippen molar-refractivity contribution in [1.82, 2.24) is 0 Å². The Morgan fingerprint density at radius 2 is 1.62 bits per heavy atom. The highest BCUT2D eigenvalue weighted by Gasteiger charge is 2.32. The van der Waals surface area contributed by atoms with Crippen molar-refractivity contribution >= 4 is 16.7 Å². The number of ether oxygens (including phenoxy) is 6. The van der Waals surface area contributed by atoms with Crippen molar-refractivity contribution in [2.75, 3.05) is 20.7 Å². The number of rotatable bonds is 2. The third-order valence-electron chi connectivity index (χ3n) is 5.37. The molecular weight excluding hydrogens is 380 g/mol. The average molecular weight is 394 g/mol. The van der Waals surface area contributed by atoms with E-state index in [1.54, 1.807) is 12.1 Å². The Balaban J connectivity index is 1.75. The Bertz CT molecular complexity index is 1230. The van der Waals surface area contributed by atoms with E-state index in [-0.39, 0.29) is 25.9 Å². The van der Waals surface area contributed by atoms with Crippen molar-refractivity contribution in [1.29, 1.82) is 0 Å². The molecule has 0 fully saturated rings. The molecule has 1 N–H and O–H groups in total. The zero-order valence-electron chi connectivity index (χ0n) is 15.2. The second kappa shape index (κ2) is 5.60. The minimum absolute atomic E-state index is 0.0000624. The van der Waals surface area contributed by atoms with Gasteiger partial charge in [0.25, 0.3) is 0 Å². The Kier molecular flexibility index (Phi) is 3.12. The molecule has 0 amide bonds. The number of methoxy groups -OCH3 is 1. The molecule has 0 bridgehead atoms. The Labute approximate surface area is 164 Å². The van der Waals surface area contributed by atoms with E-state index in [0.29, 0.717) is 56.4 Å². The van der Waals surface area contributed by atoms with E-state index in [2.05, 4.69) is 0 Å². The number of hydrogen-bond donors (Lipinski definition) is 1. The summed E-state index contributed by atoms with van der Waals surface area (Å²) in [5.41, 5.74) is 2.24. The third-order valence-corrected chi connectivity index (χ3v) is 5.37. The molecule has 3 aromatic rings. The highest BCUT2D eigenvalue weighted by Crippen LogP contribution is 2.52. The first-order chi connectivity index (χ1) is 14.2. The molecule has 3 aromatic carbocycles. The fourth-order valence-corrected chi connectivity index (χ4v) is 4.09. The monoisotopic (exact) mass is 394 g/mol. The lowest BCUT2D eigenvalue weighted by Crippen LogP contribution is -1.98. The van der Waals surface area contributed by atoms with Crippen molar-refractivity contribution in [3.05, 3.63) is 35.4 Å². The highest BCUT2D eigenvalue weighted by atomic mass is 16.7. The van der Waals surface area contributed by atoms with E-state index >= 15 is 0 Å². The maximum Gasteiger partial charge on any atom is 0.338 e. The third kappa shape index (κ3) is 2.11. The van der Waals surface area contributed by atoms with Crippen LogP contribution >= 0.6 is 0 Å². The van der Waals surface area contributed by atoms with Gasteiger partial charge in [0.05, 0.1) is 12.7 Å². The second-order valence-electron chi connectivity index (χ2n) is 6.82. The number of fused-ring (bicyclic) bond motifs is 4. The zero-order chi connectivity index (χ0) is 19.7. The number of cyclic esters (lactones) is 1. The molecule has 3 aliphatic heterocycles. The van der Waals surface area contributed by atoms with Gasteiger partial charge in [-0.2, -0.15) is 0 Å². The molecule has 0 unspecified atom stereocenters. The van der Waals surface area contributed by atoms with Crippen LogP contribution < -0.4 is 23.7 Å². The van der Waals surface area contributed by atoms with Gasteiger partial charge < -0.3 is 33.5 Å². The number of aromatic hydroxyl groups is 1. The first-order valence-corrected chi connectivity index (χ1v) is 8.92. The summed E-state index contributed by atoms with van der Waals surface area (Å²) in [6, 6.07) is 6.76. The van der Waals surface area contributed by atoms with Gasteiger partial charge in [0, 0.05) is 28.1 Å². The van der Waals surface area contributed by atoms with Gasteiger partial charge in [-0.15, -0.1) is 0 Å². The molecule has 8 heteroatoms. The number of carbonyl (C=O) groups excluding carboxylic acids is 1. The summed E-state index contributed by atoms with van der Waals surface area (Å²) in [5.74, 6) is 2.02. The smallest absolute Gasteiger partial charge is 0.338 e. The van der Waals surface area contributed by atoms with E-state index in [0.717, 1.165) is 5.39 Å². The van der Waals surface area contributed by atoms with Gasteiger partial charge in [-0.3, -0.25) is 0 Å². The number of phenols is 1. The van der Waals surface area contributed by atoms with Gasteiger partial charge in [-0.05, 0) is 23.6 Å². The molecule has 0 aromatic heterocycles. The SMILES string of the molecule is COc1c2c(cc3c(-c4cc5c(cc4O)OCO5)c4c(cc13)C(=O)OC4)OCO2. The first-order valence-electron chi connectivity index (χ1n) is 8.92. The van der Waals surface area contributed by atoms with E-state index in [9.17, 15) is 9.90 Å². The molecule has 8 nitrogen and oxygen atoms in total. The Morgan fingerprint density at radius 1 is 0.862 bits per heavy atom. The van der Waals surface area contributed by atoms with Crippen molar-refractivity contribution in [2.24, 2.45) is 0 Å². The number of phenolic OH excluding ortho intramolecular Hbond substituents is 1. The zero-order valence-corrected chi connectivity index (χ0v) is 15.2. The summed E-state index contributed by atoms with van der Waals surface area (Å²) in [6.45, 7) is 0.262. The fraction of sp³-hybridized carbons (Fsp3) is 0.190. The minimum Gasteiger partial charge on any atom is -0.507 e. The highest BCUT2D eigenvalue weighted by molar-refractivity contribution is 6.11. The van der Waals surface area contributed by atoms with Gasteiger partial charge in [0.1, 0.15) is 12.4 Å². The summed E-state index contributed by atoms with van der Waals surface area (Å²) < 4.78 is 32.8. The van der Waals surface area contributed by atoms with Crippen molar-refractivity contribution < 1.29 is 38.3 Å². The molecule has 0 spiro atoms. The number of esters is 1. The predicted octanol–water partition coefficient (Wildman–Crippen LogP) is 3.35. The molecule has 0 saturated carbocycles. The van der Waals surface area contributed by atoms with Crippen molar-refractivity contribution in [3.63, 3.8) is 0 Å². The molecule has 146 valence electrons. The second-order valence-corrected chi connectivity index (χ2v) is 6.82. The molecule has 0 radical (unpaired) electrons. The standard InChI is InChI=1S/C21H14O8/c1-24-19-10-2-11-13(6-25-21(11)23)18(9(10)3-17-20(19)29-8-28-17)12-4-15-16(5-14(12)22)27-7-26-15/h2-5,22H,6-8H2,1H3. The normalized spacial score (nSPS) is 15.6. The summed E-state index contributed by atoms with van der Waals surface area (Å²) in [4.78, 5) is 12.4. The summed E-state index contributed by atoms with van der Waals surface area (Å²) in [5, 5.41) is 12.1. The van der Waals surface area contributed by atoms with Gasteiger partial charge >= 0.3 is 5.97 Å². The summed E-state index contributed by atoms with van der Waals surface area (Å²) >= 11 is 0. The van der Waals surface area contributed by atoms with Gasteiger partial charge in [0.2, 0.25) is 19.3 Å². The van der Waals surface area contributed by atoms with Crippen molar-refractivity contribution in [2.45, 2.75) is 6.61 Å². The first kappa shape index (κ1) is 16.2. The molecular formula is C21H14O8. The molecule has 29 heavy (non-hydrogen) atoms. The van der Waals surface area contributed by atoms with E-state index < -0.39 is 5.97 Å². The van der Waals surface area contributed by atoms with E-state index in [1.165, 1.54) is 13.2 Å². The largest absolute Gasteiger partial charge is 0.507 e. The Morgan fingerprint density at radius 3 is 2.45 bits per heavy atom. The fourth-order valence-electron chi connectivity index (χ4n) is 4.09. The molecule has 3 heterocycles. The van der Waals surface area contributed by atoms with E-state index in [4.69, 9.17) is 28.4 Å². The molecule has 0 saturated heterocycles. The van der Waals surface area contributed by atoms with Crippen LogP contribution in [-0.2, 0) is 11.3 Å². The number of benzene rings is 3. The van der Waals surface area contributed by atoms with Gasteiger partial charge in [-0.25, -0.2) is 4.79 Å². The van der Waals surface area contributed by atoms with Gasteiger partial charge in [0.15, 0.2) is 23.0 Å². The lowest BCUT2D eigenvalue weighted by atomic mass is 9.89. The van der Waals surface area contributed by atoms with Crippen LogP contribution in [0.3, 0.4) is 0 Å². The van der Waals surface area contributed by atoms with Crippen LogP contribution in [0.4, 0.5) is 0 Å². The van der Waals surface area contributed by atoms with Crippen LogP contribution in [0.2, 0.25) is 0 Å². The molecule has 0 atom stereocenters.